The van der Waals surface area contributed by atoms with Crippen LogP contribution in [0.1, 0.15) is 25.7 Å². The monoisotopic (exact) mass is 163 g/mol. The van der Waals surface area contributed by atoms with Gasteiger partial charge in [-0.1, -0.05) is 0 Å². The molecule has 1 aliphatic carbocycles. The zero-order chi connectivity index (χ0) is 7.40. The molecule has 0 aromatic rings. The summed E-state index contributed by atoms with van der Waals surface area (Å²) in [6.07, 6.45) is 3.81. The van der Waals surface area contributed by atoms with Gasteiger partial charge in [0.1, 0.15) is 0 Å². The summed E-state index contributed by atoms with van der Waals surface area (Å²) in [7, 11) is 0. The summed E-state index contributed by atoms with van der Waals surface area (Å²) < 4.78 is 4.44. The molecule has 1 saturated carbocycles. The van der Waals surface area contributed by atoms with Crippen LogP contribution in [-0.2, 0) is 4.28 Å². The minimum atomic E-state index is -0.138. The van der Waals surface area contributed by atoms with E-state index >= 15 is 0 Å². The van der Waals surface area contributed by atoms with E-state index in [2.05, 4.69) is 4.28 Å². The van der Waals surface area contributed by atoms with Crippen LogP contribution in [0.3, 0.4) is 0 Å². The van der Waals surface area contributed by atoms with Gasteiger partial charge >= 0.3 is 0 Å². The molecule has 0 spiro atoms. The molecule has 0 saturated heterocycles. The summed E-state index contributed by atoms with van der Waals surface area (Å²) in [5.41, 5.74) is 0. The Kier molecular flexibility index (Phi) is 3.48. The molecule has 3 nitrogen and oxygen atoms in total. The number of hydrogen-bond acceptors (Lipinski definition) is 4. The quantitative estimate of drug-likeness (QED) is 0.467. The molecule has 1 fully saturated rings. The molecule has 0 radical (unpaired) electrons. The molecule has 3 N–H and O–H groups in total. The van der Waals surface area contributed by atoms with E-state index in [1.54, 1.807) is 0 Å². The normalized spacial score (nSPS) is 34.2. The molecule has 10 heavy (non-hydrogen) atoms. The number of aliphatic hydroxyl groups is 1. The second kappa shape index (κ2) is 4.18. The van der Waals surface area contributed by atoms with Gasteiger partial charge in [-0.2, -0.15) is 0 Å². The zero-order valence-electron chi connectivity index (χ0n) is 5.82. The molecule has 1 aliphatic rings. The first-order valence-electron chi connectivity index (χ1n) is 3.53. The van der Waals surface area contributed by atoms with Gasteiger partial charge in [0.15, 0.2) is 0 Å². The molecular formula is C6H13NO2S. The third kappa shape index (κ3) is 2.46. The Morgan fingerprint density at radius 3 is 2.90 bits per heavy atom. The van der Waals surface area contributed by atoms with Gasteiger partial charge in [-0.05, 0) is 25.7 Å². The highest BCUT2D eigenvalue weighted by atomic mass is 32.2. The van der Waals surface area contributed by atoms with Crippen molar-refractivity contribution in [2.75, 3.05) is 0 Å². The van der Waals surface area contributed by atoms with Crippen molar-refractivity contribution in [2.24, 2.45) is 5.90 Å². The first-order chi connectivity index (χ1) is 4.83. The number of hydrogen-bond donors (Lipinski definition) is 2. The molecule has 0 aliphatic heterocycles. The molecule has 0 bridgehead atoms. The van der Waals surface area contributed by atoms with Crippen LogP contribution < -0.4 is 5.90 Å². The van der Waals surface area contributed by atoms with Gasteiger partial charge in [-0.15, -0.1) is 0 Å². The predicted octanol–water partition coefficient (Wildman–Crippen LogP) is 0.828. The Balaban J connectivity index is 2.18. The summed E-state index contributed by atoms with van der Waals surface area (Å²) in [6.45, 7) is 0. The first-order valence-corrected chi connectivity index (χ1v) is 4.33. The lowest BCUT2D eigenvalue weighted by Gasteiger charge is -2.23. The third-order valence-electron chi connectivity index (χ3n) is 1.79. The maximum absolute atomic E-state index is 9.20. The average molecular weight is 163 g/mol. The van der Waals surface area contributed by atoms with E-state index in [1.165, 1.54) is 12.0 Å². The largest absolute Gasteiger partial charge is 0.393 e. The first kappa shape index (κ1) is 8.33. The maximum atomic E-state index is 9.20. The Labute approximate surface area is 65.1 Å². The molecule has 2 atom stereocenters. The summed E-state index contributed by atoms with van der Waals surface area (Å²) in [4.78, 5) is 0. The van der Waals surface area contributed by atoms with E-state index in [-0.39, 0.29) is 6.10 Å². The lowest BCUT2D eigenvalue weighted by atomic mass is 9.97. The molecule has 4 heteroatoms. The van der Waals surface area contributed by atoms with E-state index < -0.39 is 0 Å². The smallest absolute Gasteiger partial charge is 0.0551 e. The molecule has 60 valence electrons. The summed E-state index contributed by atoms with van der Waals surface area (Å²) in [6, 6.07) is 0. The number of aliphatic hydroxyl groups excluding tert-OH is 1. The average Bonchev–Trinajstić information content (AvgIpc) is 1.88. The fraction of sp³-hybridized carbons (Fsp3) is 1.00. The summed E-state index contributed by atoms with van der Waals surface area (Å²) in [5, 5.41) is 9.59. The summed E-state index contributed by atoms with van der Waals surface area (Å²) in [5.74, 6) is 4.89. The second-order valence-corrected chi connectivity index (χ2v) is 3.69. The lowest BCUT2D eigenvalue weighted by molar-refractivity contribution is 0.132. The third-order valence-corrected chi connectivity index (χ3v) is 2.60. The van der Waals surface area contributed by atoms with Gasteiger partial charge in [0.2, 0.25) is 0 Å². The van der Waals surface area contributed by atoms with Gasteiger partial charge in [0, 0.05) is 17.3 Å². The van der Waals surface area contributed by atoms with Gasteiger partial charge < -0.3 is 5.11 Å². The van der Waals surface area contributed by atoms with Crippen molar-refractivity contribution in [1.29, 1.82) is 0 Å². The van der Waals surface area contributed by atoms with Crippen molar-refractivity contribution in [2.45, 2.75) is 37.0 Å². The molecule has 0 heterocycles. The van der Waals surface area contributed by atoms with E-state index in [4.69, 9.17) is 5.90 Å². The summed E-state index contributed by atoms with van der Waals surface area (Å²) >= 11 is 1.27. The van der Waals surface area contributed by atoms with Crippen LogP contribution in [0.25, 0.3) is 0 Å². The molecule has 2 unspecified atom stereocenters. The number of rotatable bonds is 2. The molecule has 0 aromatic carbocycles. The van der Waals surface area contributed by atoms with Crippen LogP contribution in [0.5, 0.6) is 0 Å². The van der Waals surface area contributed by atoms with Crippen LogP contribution in [0, 0.1) is 0 Å². The Bertz CT molecular complexity index is 99.7. The van der Waals surface area contributed by atoms with E-state index in [0.29, 0.717) is 5.25 Å². The van der Waals surface area contributed by atoms with Gasteiger partial charge in [0.25, 0.3) is 0 Å². The van der Waals surface area contributed by atoms with E-state index in [0.717, 1.165) is 25.7 Å². The van der Waals surface area contributed by atoms with Crippen LogP contribution in [-0.4, -0.2) is 16.5 Å². The Hall–Kier alpha value is 0.230. The number of nitrogens with two attached hydrogens (primary N) is 1. The molecule has 0 amide bonds. The lowest BCUT2D eigenvalue weighted by Crippen LogP contribution is -2.21. The highest BCUT2D eigenvalue weighted by Crippen LogP contribution is 2.27. The maximum Gasteiger partial charge on any atom is 0.0551 e. The second-order valence-electron chi connectivity index (χ2n) is 2.63. The van der Waals surface area contributed by atoms with E-state index in [9.17, 15) is 5.11 Å². The van der Waals surface area contributed by atoms with Crippen molar-refractivity contribution < 1.29 is 9.39 Å². The fourth-order valence-corrected chi connectivity index (χ4v) is 2.01. The zero-order valence-corrected chi connectivity index (χ0v) is 6.64. The van der Waals surface area contributed by atoms with Crippen LogP contribution in [0.4, 0.5) is 0 Å². The predicted molar refractivity (Wildman–Crippen MR) is 41.1 cm³/mol. The van der Waals surface area contributed by atoms with Gasteiger partial charge in [-0.3, -0.25) is 0 Å². The van der Waals surface area contributed by atoms with Crippen LogP contribution >= 0.6 is 12.0 Å². The highest BCUT2D eigenvalue weighted by Gasteiger charge is 2.20. The Morgan fingerprint density at radius 1 is 1.50 bits per heavy atom. The minimum Gasteiger partial charge on any atom is -0.393 e. The standard InChI is InChI=1S/C6H13NO2S/c7-9-10-6-3-1-2-5(8)4-6/h5-6,8H,1-4,7H2. The van der Waals surface area contributed by atoms with Crippen molar-refractivity contribution >= 4 is 12.0 Å². The van der Waals surface area contributed by atoms with Crippen LogP contribution in [0.15, 0.2) is 0 Å². The topological polar surface area (TPSA) is 55.5 Å². The molecule has 1 rings (SSSR count). The highest BCUT2D eigenvalue weighted by molar-refractivity contribution is 7.95. The van der Waals surface area contributed by atoms with Crippen molar-refractivity contribution in [3.05, 3.63) is 0 Å². The molecule has 0 aromatic heterocycles. The minimum absolute atomic E-state index is 0.138. The van der Waals surface area contributed by atoms with E-state index in [1.807, 2.05) is 0 Å². The van der Waals surface area contributed by atoms with Crippen LogP contribution in [0.2, 0.25) is 0 Å². The fourth-order valence-electron chi connectivity index (χ4n) is 1.29. The van der Waals surface area contributed by atoms with Crippen molar-refractivity contribution in [1.82, 2.24) is 0 Å². The van der Waals surface area contributed by atoms with Gasteiger partial charge in [0.05, 0.1) is 6.10 Å². The Morgan fingerprint density at radius 2 is 2.30 bits per heavy atom. The van der Waals surface area contributed by atoms with Crippen molar-refractivity contribution in [3.8, 4) is 0 Å². The molecular weight excluding hydrogens is 150 g/mol. The van der Waals surface area contributed by atoms with Crippen molar-refractivity contribution in [3.63, 3.8) is 0 Å². The SMILES string of the molecule is NOSC1CCCC(O)C1. The van der Waals surface area contributed by atoms with Gasteiger partial charge in [-0.25, -0.2) is 10.2 Å².